The number of aryl methyl sites for hydroxylation is 2. The molecule has 2 aromatic carbocycles. The van der Waals surface area contributed by atoms with Crippen LogP contribution in [0.4, 0.5) is 0 Å². The summed E-state index contributed by atoms with van der Waals surface area (Å²) in [7, 11) is 0. The van der Waals surface area contributed by atoms with E-state index < -0.39 is 0 Å². The molecule has 0 saturated heterocycles. The van der Waals surface area contributed by atoms with E-state index in [0.717, 1.165) is 34.0 Å². The third-order valence-corrected chi connectivity index (χ3v) is 2.80. The highest BCUT2D eigenvalue weighted by atomic mass is 16.3. The quantitative estimate of drug-likeness (QED) is 0.442. The normalized spacial score (nSPS) is 9.82. The zero-order valence-electron chi connectivity index (χ0n) is 13.3. The van der Waals surface area contributed by atoms with Crippen molar-refractivity contribution in [3.05, 3.63) is 60.3 Å². The molecule has 4 nitrogen and oxygen atoms in total. The van der Waals surface area contributed by atoms with E-state index in [1.807, 2.05) is 76.2 Å². The van der Waals surface area contributed by atoms with Crippen LogP contribution in [0.1, 0.15) is 25.6 Å². The first-order chi connectivity index (χ1) is 10.7. The predicted octanol–water partition coefficient (Wildman–Crippen LogP) is 5.30. The molecule has 0 amide bonds. The van der Waals surface area contributed by atoms with Crippen LogP contribution in [-0.4, -0.2) is 9.97 Å². The number of rotatable bonds is 0. The maximum atomic E-state index is 5.26. The molecule has 0 aliphatic heterocycles. The van der Waals surface area contributed by atoms with Gasteiger partial charge in [-0.2, -0.15) is 0 Å². The molecule has 0 aliphatic rings. The van der Waals surface area contributed by atoms with Crippen LogP contribution in [0.2, 0.25) is 0 Å². The second-order valence-corrected chi connectivity index (χ2v) is 4.40. The van der Waals surface area contributed by atoms with Crippen molar-refractivity contribution >= 4 is 22.2 Å². The molecule has 4 aromatic rings. The molecule has 0 unspecified atom stereocenters. The van der Waals surface area contributed by atoms with Crippen LogP contribution in [0.5, 0.6) is 0 Å². The lowest BCUT2D eigenvalue weighted by Gasteiger charge is -1.79. The first-order valence-corrected chi connectivity index (χ1v) is 7.37. The van der Waals surface area contributed by atoms with Gasteiger partial charge in [0.15, 0.2) is 22.9 Å². The van der Waals surface area contributed by atoms with Gasteiger partial charge in [-0.25, -0.2) is 9.97 Å². The van der Waals surface area contributed by atoms with Gasteiger partial charge in [-0.05, 0) is 24.3 Å². The monoisotopic (exact) mass is 296 g/mol. The minimum atomic E-state index is 0.723. The van der Waals surface area contributed by atoms with Crippen molar-refractivity contribution in [2.45, 2.75) is 27.7 Å². The first-order valence-electron chi connectivity index (χ1n) is 7.37. The number of para-hydroxylation sites is 4. The van der Waals surface area contributed by atoms with Crippen molar-refractivity contribution in [3.8, 4) is 0 Å². The Morgan fingerprint density at radius 2 is 1.00 bits per heavy atom. The molecule has 4 rings (SSSR count). The van der Waals surface area contributed by atoms with E-state index >= 15 is 0 Å². The number of hydrogen-bond donors (Lipinski definition) is 0. The summed E-state index contributed by atoms with van der Waals surface area (Å²) in [6.07, 6.45) is 0. The van der Waals surface area contributed by atoms with Crippen LogP contribution in [0, 0.1) is 13.8 Å². The summed E-state index contributed by atoms with van der Waals surface area (Å²) in [6, 6.07) is 15.5. The predicted molar refractivity (Wildman–Crippen MR) is 88.8 cm³/mol. The maximum Gasteiger partial charge on any atom is 0.192 e. The molecule has 0 atom stereocenters. The van der Waals surface area contributed by atoms with E-state index in [9.17, 15) is 0 Å². The van der Waals surface area contributed by atoms with Gasteiger partial charge >= 0.3 is 0 Å². The minimum Gasteiger partial charge on any atom is -0.441 e. The van der Waals surface area contributed by atoms with E-state index in [1.165, 1.54) is 0 Å². The van der Waals surface area contributed by atoms with Crippen LogP contribution in [0.25, 0.3) is 22.2 Å². The standard InChI is InChI=1S/2C8H7NO.C2H6/c2*1-6-9-7-4-2-3-5-8(7)10-6;1-2/h2*2-5H,1H3;1-2H3. The average molecular weight is 296 g/mol. The van der Waals surface area contributed by atoms with Crippen molar-refractivity contribution in [1.82, 2.24) is 9.97 Å². The lowest BCUT2D eigenvalue weighted by molar-refractivity contribution is 0.560. The first kappa shape index (κ1) is 15.8. The van der Waals surface area contributed by atoms with Crippen LogP contribution in [-0.2, 0) is 0 Å². The Bertz CT molecular complexity index is 708. The number of aromatic nitrogens is 2. The fourth-order valence-corrected chi connectivity index (χ4v) is 1.97. The second-order valence-electron chi connectivity index (χ2n) is 4.40. The molecule has 0 spiro atoms. The summed E-state index contributed by atoms with van der Waals surface area (Å²) >= 11 is 0. The Kier molecular flexibility index (Phi) is 5.31. The van der Waals surface area contributed by atoms with E-state index in [0.29, 0.717) is 0 Å². The molecule has 2 heterocycles. The highest BCUT2D eigenvalue weighted by Gasteiger charge is 1.98. The van der Waals surface area contributed by atoms with Crippen molar-refractivity contribution in [2.75, 3.05) is 0 Å². The van der Waals surface area contributed by atoms with Crippen LogP contribution in [0.3, 0.4) is 0 Å². The molecule has 4 heteroatoms. The summed E-state index contributed by atoms with van der Waals surface area (Å²) in [6.45, 7) is 7.69. The molecule has 0 bridgehead atoms. The van der Waals surface area contributed by atoms with Crippen molar-refractivity contribution in [3.63, 3.8) is 0 Å². The molecule has 22 heavy (non-hydrogen) atoms. The van der Waals surface area contributed by atoms with E-state index in [-0.39, 0.29) is 0 Å². The zero-order valence-corrected chi connectivity index (χ0v) is 13.3. The fraction of sp³-hybridized carbons (Fsp3) is 0.222. The third-order valence-electron chi connectivity index (χ3n) is 2.80. The molecule has 114 valence electrons. The Morgan fingerprint density at radius 1 is 0.636 bits per heavy atom. The summed E-state index contributed by atoms with van der Waals surface area (Å²) in [5.74, 6) is 1.45. The molecule has 2 aromatic heterocycles. The number of oxazole rings is 2. The van der Waals surface area contributed by atoms with Gasteiger partial charge in [0, 0.05) is 13.8 Å². The Hall–Kier alpha value is -2.62. The number of benzene rings is 2. The van der Waals surface area contributed by atoms with Gasteiger partial charge in [0.2, 0.25) is 0 Å². The van der Waals surface area contributed by atoms with Gasteiger partial charge in [-0.15, -0.1) is 0 Å². The van der Waals surface area contributed by atoms with Crippen LogP contribution < -0.4 is 0 Å². The third kappa shape index (κ3) is 3.73. The van der Waals surface area contributed by atoms with E-state index in [2.05, 4.69) is 9.97 Å². The zero-order chi connectivity index (χ0) is 15.9. The Labute approximate surface area is 129 Å². The summed E-state index contributed by atoms with van der Waals surface area (Å²) in [5.41, 5.74) is 3.58. The fourth-order valence-electron chi connectivity index (χ4n) is 1.97. The number of nitrogens with zero attached hydrogens (tertiary/aromatic N) is 2. The van der Waals surface area contributed by atoms with Gasteiger partial charge in [-0.3, -0.25) is 0 Å². The van der Waals surface area contributed by atoms with Gasteiger partial charge < -0.3 is 8.83 Å². The SMILES string of the molecule is CC.Cc1nc2ccccc2o1.Cc1nc2ccccc2o1. The van der Waals surface area contributed by atoms with Crippen molar-refractivity contribution in [2.24, 2.45) is 0 Å². The average Bonchev–Trinajstić information content (AvgIpc) is 3.10. The highest BCUT2D eigenvalue weighted by molar-refractivity contribution is 5.72. The van der Waals surface area contributed by atoms with Crippen molar-refractivity contribution < 1.29 is 8.83 Å². The van der Waals surface area contributed by atoms with Crippen molar-refractivity contribution in [1.29, 1.82) is 0 Å². The molecule has 0 saturated carbocycles. The van der Waals surface area contributed by atoms with Gasteiger partial charge in [0.05, 0.1) is 0 Å². The van der Waals surface area contributed by atoms with E-state index in [4.69, 9.17) is 8.83 Å². The second kappa shape index (κ2) is 7.41. The topological polar surface area (TPSA) is 52.1 Å². The number of hydrogen-bond acceptors (Lipinski definition) is 4. The largest absolute Gasteiger partial charge is 0.441 e. The van der Waals surface area contributed by atoms with E-state index in [1.54, 1.807) is 0 Å². The van der Waals surface area contributed by atoms with Gasteiger partial charge in [0.25, 0.3) is 0 Å². The molecular formula is C18H20N2O2. The maximum absolute atomic E-state index is 5.26. The van der Waals surface area contributed by atoms with Crippen LogP contribution in [0.15, 0.2) is 57.4 Å². The highest BCUT2D eigenvalue weighted by Crippen LogP contribution is 2.13. The summed E-state index contributed by atoms with van der Waals surface area (Å²) in [4.78, 5) is 8.29. The lowest BCUT2D eigenvalue weighted by atomic mass is 10.3. The smallest absolute Gasteiger partial charge is 0.192 e. The Balaban J connectivity index is 0.000000144. The molecule has 0 N–H and O–H groups in total. The molecule has 0 radical (unpaired) electrons. The molecule has 0 fully saturated rings. The minimum absolute atomic E-state index is 0.723. The van der Waals surface area contributed by atoms with Gasteiger partial charge in [0.1, 0.15) is 11.0 Å². The lowest BCUT2D eigenvalue weighted by Crippen LogP contribution is -1.65. The van der Waals surface area contributed by atoms with Crippen LogP contribution >= 0.6 is 0 Å². The molecular weight excluding hydrogens is 276 g/mol. The molecule has 0 aliphatic carbocycles. The Morgan fingerprint density at radius 3 is 1.36 bits per heavy atom. The number of fused-ring (bicyclic) bond motifs is 2. The summed E-state index contributed by atoms with van der Waals surface area (Å²) < 4.78 is 10.5. The summed E-state index contributed by atoms with van der Waals surface area (Å²) in [5, 5.41) is 0. The van der Waals surface area contributed by atoms with Gasteiger partial charge in [-0.1, -0.05) is 38.1 Å².